The second-order valence-corrected chi connectivity index (χ2v) is 6.28. The number of carbonyl (C=O) groups is 1. The van der Waals surface area contributed by atoms with Crippen molar-refractivity contribution in [1.29, 1.82) is 0 Å². The van der Waals surface area contributed by atoms with Crippen LogP contribution in [0.25, 0.3) is 0 Å². The fraction of sp³-hybridized carbons (Fsp3) is 0.571. The van der Waals surface area contributed by atoms with Crippen LogP contribution in [-0.2, 0) is 6.42 Å². The Kier molecular flexibility index (Phi) is 4.82. The summed E-state index contributed by atoms with van der Waals surface area (Å²) in [5.74, 6) is 0.951. The maximum Gasteiger partial charge on any atom is 0.257 e. The molecular weight excluding hydrogens is 290 g/mol. The van der Waals surface area contributed by atoms with Gasteiger partial charge in [-0.3, -0.25) is 4.79 Å². The van der Waals surface area contributed by atoms with Gasteiger partial charge in [0.15, 0.2) is 5.84 Å². The summed E-state index contributed by atoms with van der Waals surface area (Å²) in [4.78, 5) is 14.3. The molecule has 1 aromatic heterocycles. The van der Waals surface area contributed by atoms with E-state index in [0.717, 1.165) is 5.76 Å². The number of nitrogens with two attached hydrogens (primary N) is 1. The standard InChI is InChI=1S/C14H21N3O3S/c1-3-11-10(4-9-20-11)12(18)17-7-5-14(21-2,6-8-17)13(15)16-19/h4,9,19H,3,5-8H2,1-2H3,(H2,15,16). The lowest BCUT2D eigenvalue weighted by Gasteiger charge is -2.39. The Morgan fingerprint density at radius 1 is 1.57 bits per heavy atom. The topological polar surface area (TPSA) is 92.1 Å². The molecule has 0 spiro atoms. The number of thioether (sulfide) groups is 1. The summed E-state index contributed by atoms with van der Waals surface area (Å²) in [5, 5.41) is 12.1. The minimum absolute atomic E-state index is 0.00480. The first-order valence-corrected chi connectivity index (χ1v) is 8.19. The average Bonchev–Trinajstić information content (AvgIpc) is 3.02. The van der Waals surface area contributed by atoms with E-state index in [4.69, 9.17) is 15.4 Å². The highest BCUT2D eigenvalue weighted by atomic mass is 32.2. The largest absolute Gasteiger partial charge is 0.469 e. The minimum Gasteiger partial charge on any atom is -0.469 e. The van der Waals surface area contributed by atoms with Gasteiger partial charge in [-0.1, -0.05) is 12.1 Å². The minimum atomic E-state index is -0.379. The molecule has 3 N–H and O–H groups in total. The number of hydrogen-bond acceptors (Lipinski definition) is 5. The van der Waals surface area contributed by atoms with Gasteiger partial charge in [0, 0.05) is 19.5 Å². The third-order valence-electron chi connectivity index (χ3n) is 4.12. The van der Waals surface area contributed by atoms with Crippen LogP contribution in [0.2, 0.25) is 0 Å². The Bertz CT molecular complexity index is 533. The van der Waals surface area contributed by atoms with Crippen LogP contribution >= 0.6 is 11.8 Å². The number of rotatable bonds is 4. The monoisotopic (exact) mass is 311 g/mol. The van der Waals surface area contributed by atoms with Gasteiger partial charge in [0.2, 0.25) is 0 Å². The van der Waals surface area contributed by atoms with E-state index < -0.39 is 0 Å². The fourth-order valence-electron chi connectivity index (χ4n) is 2.70. The fourth-order valence-corrected chi connectivity index (χ4v) is 3.54. The van der Waals surface area contributed by atoms with Crippen molar-refractivity contribution in [2.75, 3.05) is 19.3 Å². The maximum atomic E-state index is 12.5. The van der Waals surface area contributed by atoms with Gasteiger partial charge >= 0.3 is 0 Å². The van der Waals surface area contributed by atoms with Crippen molar-refractivity contribution in [3.8, 4) is 0 Å². The van der Waals surface area contributed by atoms with Crippen molar-refractivity contribution < 1.29 is 14.4 Å². The molecule has 0 radical (unpaired) electrons. The van der Waals surface area contributed by atoms with E-state index in [1.54, 1.807) is 24.1 Å². The van der Waals surface area contributed by atoms with Gasteiger partial charge in [0.25, 0.3) is 5.91 Å². The van der Waals surface area contributed by atoms with E-state index in [9.17, 15) is 4.79 Å². The Morgan fingerprint density at radius 2 is 2.24 bits per heavy atom. The first kappa shape index (κ1) is 15.8. The number of carbonyl (C=O) groups excluding carboxylic acids is 1. The summed E-state index contributed by atoms with van der Waals surface area (Å²) in [7, 11) is 0. The molecule has 1 aliphatic rings. The van der Waals surface area contributed by atoms with Gasteiger partial charge in [-0.2, -0.15) is 11.8 Å². The third kappa shape index (κ3) is 2.88. The van der Waals surface area contributed by atoms with Crippen molar-refractivity contribution in [3.63, 3.8) is 0 Å². The molecule has 1 saturated heterocycles. The van der Waals surface area contributed by atoms with E-state index in [2.05, 4.69) is 5.16 Å². The summed E-state index contributed by atoms with van der Waals surface area (Å²) in [6.07, 6.45) is 5.55. The molecule has 21 heavy (non-hydrogen) atoms. The summed E-state index contributed by atoms with van der Waals surface area (Å²) >= 11 is 1.57. The second kappa shape index (κ2) is 6.43. The van der Waals surface area contributed by atoms with Crippen molar-refractivity contribution in [3.05, 3.63) is 23.7 Å². The number of hydrogen-bond donors (Lipinski definition) is 2. The zero-order valence-electron chi connectivity index (χ0n) is 12.3. The number of likely N-dealkylation sites (tertiary alicyclic amines) is 1. The molecule has 2 heterocycles. The molecular formula is C14H21N3O3S. The molecule has 0 saturated carbocycles. The zero-order chi connectivity index (χ0) is 15.5. The molecule has 6 nitrogen and oxygen atoms in total. The van der Waals surface area contributed by atoms with E-state index in [1.165, 1.54) is 0 Å². The molecule has 0 atom stereocenters. The van der Waals surface area contributed by atoms with E-state index >= 15 is 0 Å². The molecule has 116 valence electrons. The highest BCUT2D eigenvalue weighted by Gasteiger charge is 2.39. The highest BCUT2D eigenvalue weighted by Crippen LogP contribution is 2.35. The summed E-state index contributed by atoms with van der Waals surface area (Å²) in [6, 6.07) is 1.72. The summed E-state index contributed by atoms with van der Waals surface area (Å²) in [5.41, 5.74) is 6.45. The van der Waals surface area contributed by atoms with Crippen LogP contribution < -0.4 is 5.73 Å². The number of nitrogens with zero attached hydrogens (tertiary/aromatic N) is 2. The van der Waals surface area contributed by atoms with Gasteiger partial charge in [-0.25, -0.2) is 0 Å². The average molecular weight is 311 g/mol. The van der Waals surface area contributed by atoms with Gasteiger partial charge < -0.3 is 20.3 Å². The number of oxime groups is 1. The predicted octanol–water partition coefficient (Wildman–Crippen LogP) is 1.93. The SMILES string of the molecule is CCc1occc1C(=O)N1CCC(SC)(/C(N)=N/O)CC1. The first-order valence-electron chi connectivity index (χ1n) is 6.96. The van der Waals surface area contributed by atoms with Crippen LogP contribution in [0.5, 0.6) is 0 Å². The Hall–Kier alpha value is -1.63. The molecule has 0 aliphatic carbocycles. The molecule has 0 aromatic carbocycles. The lowest BCUT2D eigenvalue weighted by Crippen LogP contribution is -2.51. The highest BCUT2D eigenvalue weighted by molar-refractivity contribution is 8.00. The number of amides is 1. The van der Waals surface area contributed by atoms with Crippen LogP contribution in [0.4, 0.5) is 0 Å². The molecule has 1 aliphatic heterocycles. The number of furan rings is 1. The van der Waals surface area contributed by atoms with Crippen molar-refractivity contribution >= 4 is 23.5 Å². The summed E-state index contributed by atoms with van der Waals surface area (Å²) < 4.78 is 4.94. The van der Waals surface area contributed by atoms with E-state index in [1.807, 2.05) is 18.1 Å². The van der Waals surface area contributed by atoms with E-state index in [-0.39, 0.29) is 16.5 Å². The first-order chi connectivity index (χ1) is 10.1. The van der Waals surface area contributed by atoms with Gasteiger partial charge in [-0.15, -0.1) is 0 Å². The molecule has 0 unspecified atom stereocenters. The van der Waals surface area contributed by atoms with Crippen LogP contribution in [0.1, 0.15) is 35.9 Å². The Balaban J connectivity index is 2.09. The van der Waals surface area contributed by atoms with Crippen molar-refractivity contribution in [2.24, 2.45) is 10.9 Å². The van der Waals surface area contributed by atoms with Crippen LogP contribution in [-0.4, -0.2) is 45.9 Å². The van der Waals surface area contributed by atoms with Crippen LogP contribution in [0, 0.1) is 0 Å². The second-order valence-electron chi connectivity index (χ2n) is 5.09. The molecule has 2 rings (SSSR count). The molecule has 0 bridgehead atoms. The van der Waals surface area contributed by atoms with Gasteiger partial charge in [0.05, 0.1) is 16.6 Å². The summed E-state index contributed by atoms with van der Waals surface area (Å²) in [6.45, 7) is 3.14. The number of aryl methyl sites for hydroxylation is 1. The third-order valence-corrected chi connectivity index (χ3v) is 5.52. The molecule has 1 amide bonds. The quantitative estimate of drug-likeness (QED) is 0.383. The smallest absolute Gasteiger partial charge is 0.257 e. The normalized spacial score (nSPS) is 18.8. The van der Waals surface area contributed by atoms with Gasteiger partial charge in [0.1, 0.15) is 5.76 Å². The lowest BCUT2D eigenvalue weighted by atomic mass is 9.94. The predicted molar refractivity (Wildman–Crippen MR) is 82.9 cm³/mol. The van der Waals surface area contributed by atoms with Crippen LogP contribution in [0.3, 0.4) is 0 Å². The van der Waals surface area contributed by atoms with Crippen molar-refractivity contribution in [1.82, 2.24) is 4.90 Å². The van der Waals surface area contributed by atoms with Crippen LogP contribution in [0.15, 0.2) is 21.9 Å². The number of amidine groups is 1. The Labute approximate surface area is 128 Å². The molecule has 1 fully saturated rings. The van der Waals surface area contributed by atoms with Crippen molar-refractivity contribution in [2.45, 2.75) is 30.9 Å². The number of piperidine rings is 1. The lowest BCUT2D eigenvalue weighted by molar-refractivity contribution is 0.0715. The molecule has 7 heteroatoms. The van der Waals surface area contributed by atoms with Gasteiger partial charge in [-0.05, 0) is 25.2 Å². The van der Waals surface area contributed by atoms with E-state index in [0.29, 0.717) is 37.9 Å². The maximum absolute atomic E-state index is 12.5. The molecule has 1 aromatic rings. The Morgan fingerprint density at radius 3 is 2.76 bits per heavy atom. The zero-order valence-corrected chi connectivity index (χ0v) is 13.2.